The van der Waals surface area contributed by atoms with Gasteiger partial charge in [-0.2, -0.15) is 0 Å². The molecule has 0 unspecified atom stereocenters. The summed E-state index contributed by atoms with van der Waals surface area (Å²) in [6, 6.07) is 6.10. The van der Waals surface area contributed by atoms with Gasteiger partial charge in [0.2, 0.25) is 0 Å². The van der Waals surface area contributed by atoms with E-state index in [0.29, 0.717) is 6.54 Å². The number of unbranched alkanes of at least 4 members (excludes halogenated alkanes) is 3. The number of rotatable bonds is 8. The molecule has 0 aromatic carbocycles. The number of nitrogens with zero attached hydrogens (tertiary/aromatic N) is 3. The summed E-state index contributed by atoms with van der Waals surface area (Å²) in [5.41, 5.74) is 2.17. The average Bonchev–Trinajstić information content (AvgIpc) is 3.19. The first-order chi connectivity index (χ1) is 12.2. The van der Waals surface area contributed by atoms with Crippen molar-refractivity contribution in [1.82, 2.24) is 14.3 Å². The van der Waals surface area contributed by atoms with Crippen molar-refractivity contribution in [3.63, 3.8) is 0 Å². The molecule has 0 saturated carbocycles. The van der Waals surface area contributed by atoms with Crippen LogP contribution >= 0.6 is 0 Å². The number of cyclic esters (lactones) is 1. The molecular weight excluding hydrogens is 318 g/mol. The highest BCUT2D eigenvalue weighted by Crippen LogP contribution is 2.18. The van der Waals surface area contributed by atoms with Crippen LogP contribution in [0.25, 0.3) is 5.65 Å². The molecule has 1 aliphatic heterocycles. The molecule has 3 heterocycles. The van der Waals surface area contributed by atoms with E-state index in [1.165, 1.54) is 10.6 Å². The summed E-state index contributed by atoms with van der Waals surface area (Å²) in [7, 11) is 0. The summed E-state index contributed by atoms with van der Waals surface area (Å²) in [6.45, 7) is 2.43. The number of aryl methyl sites for hydroxylation is 1. The summed E-state index contributed by atoms with van der Waals surface area (Å²) in [5.74, 6) is -0.125. The van der Waals surface area contributed by atoms with Crippen LogP contribution in [0.1, 0.15) is 44.7 Å². The Balaban J connectivity index is 1.45. The Hall–Kier alpha value is -2.63. The molecule has 3 rings (SSSR count). The number of imide groups is 1. The molecule has 6 heteroatoms. The lowest BCUT2D eigenvalue weighted by Gasteiger charge is -2.10. The maximum Gasteiger partial charge on any atom is 0.422 e. The van der Waals surface area contributed by atoms with Crippen LogP contribution in [0.15, 0.2) is 42.4 Å². The number of ether oxygens (including phenoxy) is 1. The van der Waals surface area contributed by atoms with Crippen LogP contribution in [0.2, 0.25) is 0 Å². The van der Waals surface area contributed by atoms with E-state index >= 15 is 0 Å². The fraction of sp³-hybridized carbons (Fsp3) is 0.421. The summed E-state index contributed by atoms with van der Waals surface area (Å²) in [6.07, 6.45) is 10.2. The third kappa shape index (κ3) is 3.90. The van der Waals surface area contributed by atoms with Crippen molar-refractivity contribution >= 4 is 17.6 Å². The van der Waals surface area contributed by atoms with Gasteiger partial charge in [0.15, 0.2) is 5.76 Å². The van der Waals surface area contributed by atoms with Gasteiger partial charge in [0, 0.05) is 24.6 Å². The molecule has 1 saturated heterocycles. The highest BCUT2D eigenvalue weighted by Gasteiger charge is 2.35. The van der Waals surface area contributed by atoms with Crippen LogP contribution in [-0.2, 0) is 16.0 Å². The molecule has 132 valence electrons. The molecule has 0 aliphatic carbocycles. The molecule has 1 fully saturated rings. The number of amides is 2. The molecule has 25 heavy (non-hydrogen) atoms. The van der Waals surface area contributed by atoms with Crippen LogP contribution in [0, 0.1) is 0 Å². The topological polar surface area (TPSA) is 63.9 Å². The van der Waals surface area contributed by atoms with Gasteiger partial charge in [0.1, 0.15) is 5.65 Å². The maximum absolute atomic E-state index is 12.1. The van der Waals surface area contributed by atoms with Gasteiger partial charge in [-0.3, -0.25) is 4.79 Å². The number of hydrogen-bond donors (Lipinski definition) is 0. The van der Waals surface area contributed by atoms with Gasteiger partial charge < -0.3 is 9.14 Å². The standard InChI is InChI=1S/C19H23N3O3/c1-2-3-10-16-18(23)22(19(24)25-16)13-6-4-5-8-15-9-7-11-17-20-12-14-21(15)17/h7,9-12,14H,2-6,8,13H2,1H3. The van der Waals surface area contributed by atoms with Gasteiger partial charge in [-0.05, 0) is 43.9 Å². The highest BCUT2D eigenvalue weighted by molar-refractivity contribution is 6.07. The number of imidazole rings is 1. The van der Waals surface area contributed by atoms with Crippen LogP contribution in [0.3, 0.4) is 0 Å². The fourth-order valence-corrected chi connectivity index (χ4v) is 2.97. The number of carbonyl (C=O) groups is 2. The first kappa shape index (κ1) is 17.2. The van der Waals surface area contributed by atoms with Crippen molar-refractivity contribution in [3.05, 3.63) is 48.1 Å². The molecular formula is C19H23N3O3. The van der Waals surface area contributed by atoms with Gasteiger partial charge in [-0.15, -0.1) is 0 Å². The van der Waals surface area contributed by atoms with Crippen molar-refractivity contribution in [2.45, 2.75) is 45.4 Å². The van der Waals surface area contributed by atoms with E-state index in [4.69, 9.17) is 4.74 Å². The minimum atomic E-state index is -0.546. The summed E-state index contributed by atoms with van der Waals surface area (Å²) < 4.78 is 7.13. The van der Waals surface area contributed by atoms with E-state index < -0.39 is 6.09 Å². The monoisotopic (exact) mass is 341 g/mol. The fourth-order valence-electron chi connectivity index (χ4n) is 2.97. The first-order valence-electron chi connectivity index (χ1n) is 8.85. The van der Waals surface area contributed by atoms with E-state index in [-0.39, 0.29) is 11.7 Å². The number of hydrogen-bond acceptors (Lipinski definition) is 4. The minimum absolute atomic E-state index is 0.179. The third-order valence-electron chi connectivity index (χ3n) is 4.32. The van der Waals surface area contributed by atoms with E-state index in [1.807, 2.05) is 25.3 Å². The second-order valence-corrected chi connectivity index (χ2v) is 6.17. The Kier molecular flexibility index (Phi) is 5.48. The van der Waals surface area contributed by atoms with E-state index in [0.717, 1.165) is 44.2 Å². The quantitative estimate of drug-likeness (QED) is 0.542. The van der Waals surface area contributed by atoms with Gasteiger partial charge in [0.25, 0.3) is 5.91 Å². The van der Waals surface area contributed by atoms with Crippen molar-refractivity contribution in [2.24, 2.45) is 0 Å². The molecule has 1 aliphatic rings. The largest absolute Gasteiger partial charge is 0.422 e. The number of allylic oxidation sites excluding steroid dienone is 1. The Bertz CT molecular complexity index is 794. The molecule has 0 atom stereocenters. The summed E-state index contributed by atoms with van der Waals surface area (Å²) in [4.78, 5) is 29.4. The first-order valence-corrected chi connectivity index (χ1v) is 8.85. The molecule has 2 amide bonds. The molecule has 0 spiro atoms. The normalized spacial score (nSPS) is 16.2. The van der Waals surface area contributed by atoms with Crippen LogP contribution in [0.5, 0.6) is 0 Å². The zero-order valence-corrected chi connectivity index (χ0v) is 14.5. The molecule has 0 radical (unpaired) electrons. The van der Waals surface area contributed by atoms with Crippen LogP contribution in [-0.4, -0.2) is 32.8 Å². The van der Waals surface area contributed by atoms with E-state index in [1.54, 1.807) is 12.3 Å². The number of carbonyl (C=O) groups excluding carboxylic acids is 2. The van der Waals surface area contributed by atoms with Crippen LogP contribution < -0.4 is 0 Å². The highest BCUT2D eigenvalue weighted by atomic mass is 16.6. The number of pyridine rings is 1. The van der Waals surface area contributed by atoms with Crippen molar-refractivity contribution in [3.8, 4) is 0 Å². The molecule has 2 aromatic heterocycles. The average molecular weight is 341 g/mol. The Labute approximate surface area is 147 Å². The summed E-state index contributed by atoms with van der Waals surface area (Å²) in [5, 5.41) is 0. The van der Waals surface area contributed by atoms with E-state index in [9.17, 15) is 9.59 Å². The van der Waals surface area contributed by atoms with Gasteiger partial charge >= 0.3 is 6.09 Å². The molecule has 0 N–H and O–H groups in total. The number of aromatic nitrogens is 2. The maximum atomic E-state index is 12.1. The third-order valence-corrected chi connectivity index (χ3v) is 4.32. The summed E-state index contributed by atoms with van der Waals surface area (Å²) >= 11 is 0. The van der Waals surface area contributed by atoms with E-state index in [2.05, 4.69) is 15.5 Å². The molecule has 0 bridgehead atoms. The lowest BCUT2D eigenvalue weighted by atomic mass is 10.1. The zero-order valence-electron chi connectivity index (χ0n) is 14.5. The van der Waals surface area contributed by atoms with Gasteiger partial charge in [0.05, 0.1) is 0 Å². The van der Waals surface area contributed by atoms with Crippen molar-refractivity contribution in [2.75, 3.05) is 6.54 Å². The van der Waals surface area contributed by atoms with Crippen molar-refractivity contribution < 1.29 is 14.3 Å². The van der Waals surface area contributed by atoms with Gasteiger partial charge in [-0.25, -0.2) is 14.7 Å². The number of fused-ring (bicyclic) bond motifs is 1. The van der Waals surface area contributed by atoms with Gasteiger partial charge in [-0.1, -0.05) is 25.8 Å². The van der Waals surface area contributed by atoms with Crippen molar-refractivity contribution in [1.29, 1.82) is 0 Å². The predicted octanol–water partition coefficient (Wildman–Crippen LogP) is 3.71. The minimum Gasteiger partial charge on any atom is -0.404 e. The Morgan fingerprint density at radius 3 is 2.92 bits per heavy atom. The Morgan fingerprint density at radius 1 is 1.20 bits per heavy atom. The second kappa shape index (κ2) is 7.96. The lowest BCUT2D eigenvalue weighted by Crippen LogP contribution is -2.29. The molecule has 6 nitrogen and oxygen atoms in total. The smallest absolute Gasteiger partial charge is 0.404 e. The lowest BCUT2D eigenvalue weighted by molar-refractivity contribution is -0.123. The Morgan fingerprint density at radius 2 is 2.08 bits per heavy atom. The molecule has 2 aromatic rings. The zero-order chi connectivity index (χ0) is 17.6. The second-order valence-electron chi connectivity index (χ2n) is 6.17. The SMILES string of the molecule is CCCC=C1OC(=O)N(CCCCCc2cccc3nccn23)C1=O. The van der Waals surface area contributed by atoms with Crippen LogP contribution in [0.4, 0.5) is 4.79 Å². The predicted molar refractivity (Wildman–Crippen MR) is 93.9 cm³/mol.